The van der Waals surface area contributed by atoms with Gasteiger partial charge in [-0.05, 0) is 36.6 Å². The van der Waals surface area contributed by atoms with Gasteiger partial charge >= 0.3 is 0 Å². The number of hydrogen-bond donors (Lipinski definition) is 2. The van der Waals surface area contributed by atoms with Gasteiger partial charge in [-0.25, -0.2) is 8.42 Å². The Kier molecular flexibility index (Phi) is 6.56. The number of aliphatic hydroxyl groups is 1. The molecule has 8 nitrogen and oxygen atoms in total. The molecule has 9 heteroatoms. The minimum Gasteiger partial charge on any atom is -0.392 e. The first kappa shape index (κ1) is 23.4. The van der Waals surface area contributed by atoms with Crippen LogP contribution in [0.1, 0.15) is 29.2 Å². The molecule has 0 unspecified atom stereocenters. The Bertz CT molecular complexity index is 1180. The molecular weight excluding hydrogens is 442 g/mol. The monoisotopic (exact) mass is 471 g/mol. The van der Waals surface area contributed by atoms with Crippen molar-refractivity contribution < 1.29 is 23.1 Å². The van der Waals surface area contributed by atoms with Gasteiger partial charge in [0, 0.05) is 26.7 Å². The van der Waals surface area contributed by atoms with Crippen molar-refractivity contribution in [1.82, 2.24) is 9.80 Å². The van der Waals surface area contributed by atoms with Crippen molar-refractivity contribution in [3.05, 3.63) is 59.2 Å². The third-order valence-electron chi connectivity index (χ3n) is 6.30. The van der Waals surface area contributed by atoms with Crippen molar-refractivity contribution in [2.24, 2.45) is 0 Å². The van der Waals surface area contributed by atoms with E-state index in [0.29, 0.717) is 18.7 Å². The third kappa shape index (κ3) is 5.26. The van der Waals surface area contributed by atoms with Gasteiger partial charge in [0.05, 0.1) is 29.1 Å². The number of hydrogen-bond acceptors (Lipinski definition) is 6. The number of β-amino-alcohol motifs (C(OH)–C–C–N with tert-alkyl or cyclic N) is 1. The maximum Gasteiger partial charge on any atom is 0.239 e. The van der Waals surface area contributed by atoms with Gasteiger partial charge in [0.15, 0.2) is 9.84 Å². The fraction of sp³-hybridized carbons (Fsp3) is 0.417. The van der Waals surface area contributed by atoms with Crippen LogP contribution in [-0.4, -0.2) is 73.7 Å². The van der Waals surface area contributed by atoms with E-state index in [1.165, 1.54) is 6.07 Å². The maximum absolute atomic E-state index is 13.3. The van der Waals surface area contributed by atoms with Crippen molar-refractivity contribution in [3.63, 3.8) is 0 Å². The molecule has 0 aromatic heterocycles. The number of benzene rings is 2. The molecule has 2 heterocycles. The number of aliphatic hydroxyl groups excluding tert-OH is 1. The molecule has 176 valence electrons. The van der Waals surface area contributed by atoms with E-state index < -0.39 is 21.5 Å². The van der Waals surface area contributed by atoms with E-state index >= 15 is 0 Å². The Labute approximate surface area is 194 Å². The molecule has 2 N–H and O–H groups in total. The first-order valence-electron chi connectivity index (χ1n) is 11.0. The zero-order valence-corrected chi connectivity index (χ0v) is 19.6. The summed E-state index contributed by atoms with van der Waals surface area (Å²) >= 11 is 0. The number of nitrogens with one attached hydrogen (secondary N) is 1. The first-order valence-corrected chi connectivity index (χ1v) is 12.7. The van der Waals surface area contributed by atoms with E-state index in [-0.39, 0.29) is 35.1 Å². The number of amides is 2. The molecule has 2 aromatic rings. The summed E-state index contributed by atoms with van der Waals surface area (Å²) in [7, 11) is -1.89. The second-order valence-electron chi connectivity index (χ2n) is 8.95. The normalized spacial score (nSPS) is 20.7. The number of carbonyl (C=O) groups is 2. The predicted molar refractivity (Wildman–Crippen MR) is 125 cm³/mol. The van der Waals surface area contributed by atoms with Crippen LogP contribution in [0, 0.1) is 6.92 Å². The minimum absolute atomic E-state index is 0.0740. The second kappa shape index (κ2) is 9.24. The molecule has 2 aliphatic heterocycles. The second-order valence-corrected chi connectivity index (χ2v) is 10.9. The molecule has 2 atom stereocenters. The smallest absolute Gasteiger partial charge is 0.239 e. The Morgan fingerprint density at radius 3 is 2.76 bits per heavy atom. The van der Waals surface area contributed by atoms with E-state index in [1.54, 1.807) is 24.1 Å². The quantitative estimate of drug-likeness (QED) is 0.662. The van der Waals surface area contributed by atoms with Crippen LogP contribution in [0.4, 0.5) is 5.69 Å². The van der Waals surface area contributed by atoms with Crippen LogP contribution in [0.5, 0.6) is 0 Å². The van der Waals surface area contributed by atoms with Gasteiger partial charge in [0.2, 0.25) is 11.8 Å². The van der Waals surface area contributed by atoms with Crippen molar-refractivity contribution in [2.75, 3.05) is 37.8 Å². The van der Waals surface area contributed by atoms with E-state index in [0.717, 1.165) is 24.1 Å². The molecule has 0 saturated carbocycles. The van der Waals surface area contributed by atoms with Crippen LogP contribution in [0.2, 0.25) is 0 Å². The molecule has 1 saturated heterocycles. The number of rotatable bonds is 6. The van der Waals surface area contributed by atoms with E-state index in [1.807, 2.05) is 25.1 Å². The van der Waals surface area contributed by atoms with Crippen LogP contribution in [0.25, 0.3) is 0 Å². The Morgan fingerprint density at radius 2 is 2.06 bits per heavy atom. The van der Waals surface area contributed by atoms with E-state index in [2.05, 4.69) is 16.3 Å². The van der Waals surface area contributed by atoms with Gasteiger partial charge in [0.1, 0.15) is 5.75 Å². The van der Waals surface area contributed by atoms with E-state index in [9.17, 15) is 23.1 Å². The lowest BCUT2D eigenvalue weighted by atomic mass is 10.0. The SMILES string of the molecule is Cc1cccc([C@@H](CN2CC[C@H](O)C2)N(C)C(=O)Cc2ccc3c(c2)NC(=O)CS3(=O)=O)c1. The summed E-state index contributed by atoms with van der Waals surface area (Å²) < 4.78 is 24.5. The summed E-state index contributed by atoms with van der Waals surface area (Å²) in [6.07, 6.45) is 0.457. The molecule has 2 amide bonds. The zero-order chi connectivity index (χ0) is 23.8. The maximum atomic E-state index is 13.3. The molecule has 0 aliphatic carbocycles. The number of aryl methyl sites for hydroxylation is 1. The summed E-state index contributed by atoms with van der Waals surface area (Å²) in [6.45, 7) is 3.99. The van der Waals surface area contributed by atoms with Gasteiger partial charge in [0.25, 0.3) is 0 Å². The summed E-state index contributed by atoms with van der Waals surface area (Å²) in [5.74, 6) is -1.26. The Balaban J connectivity index is 1.55. The molecule has 0 radical (unpaired) electrons. The summed E-state index contributed by atoms with van der Waals surface area (Å²) in [6, 6.07) is 12.5. The number of nitrogens with zero attached hydrogens (tertiary/aromatic N) is 2. The highest BCUT2D eigenvalue weighted by molar-refractivity contribution is 7.92. The zero-order valence-electron chi connectivity index (χ0n) is 18.8. The fourth-order valence-corrected chi connectivity index (χ4v) is 5.81. The number of carbonyl (C=O) groups excluding carboxylic acids is 2. The van der Waals surface area contributed by atoms with Gasteiger partial charge in [-0.1, -0.05) is 35.9 Å². The Hall–Kier alpha value is -2.75. The summed E-state index contributed by atoms with van der Waals surface area (Å²) in [5, 5.41) is 12.5. The highest BCUT2D eigenvalue weighted by Crippen LogP contribution is 2.29. The lowest BCUT2D eigenvalue weighted by molar-refractivity contribution is -0.131. The molecule has 0 bridgehead atoms. The number of sulfone groups is 1. The van der Waals surface area contributed by atoms with Gasteiger partial charge < -0.3 is 15.3 Å². The third-order valence-corrected chi connectivity index (χ3v) is 7.96. The minimum atomic E-state index is -3.66. The summed E-state index contributed by atoms with van der Waals surface area (Å²) in [5.41, 5.74) is 2.98. The van der Waals surface area contributed by atoms with Crippen molar-refractivity contribution in [1.29, 1.82) is 0 Å². The van der Waals surface area contributed by atoms with Crippen molar-refractivity contribution in [3.8, 4) is 0 Å². The number of likely N-dealkylation sites (N-methyl/N-ethyl adjacent to an activating group) is 1. The van der Waals surface area contributed by atoms with Crippen LogP contribution in [0.15, 0.2) is 47.4 Å². The van der Waals surface area contributed by atoms with Crippen molar-refractivity contribution in [2.45, 2.75) is 36.8 Å². The van der Waals surface area contributed by atoms with Crippen LogP contribution in [-0.2, 0) is 25.8 Å². The average molecular weight is 472 g/mol. The largest absolute Gasteiger partial charge is 0.392 e. The van der Waals surface area contributed by atoms with E-state index in [4.69, 9.17) is 0 Å². The highest BCUT2D eigenvalue weighted by Gasteiger charge is 2.30. The van der Waals surface area contributed by atoms with Gasteiger partial charge in [-0.15, -0.1) is 0 Å². The van der Waals surface area contributed by atoms with Crippen LogP contribution < -0.4 is 5.32 Å². The lowest BCUT2D eigenvalue weighted by Gasteiger charge is -2.32. The van der Waals surface area contributed by atoms with Crippen LogP contribution >= 0.6 is 0 Å². The highest BCUT2D eigenvalue weighted by atomic mass is 32.2. The lowest BCUT2D eigenvalue weighted by Crippen LogP contribution is -2.39. The molecule has 2 aliphatic rings. The van der Waals surface area contributed by atoms with Gasteiger partial charge in [-0.2, -0.15) is 0 Å². The number of anilines is 1. The fourth-order valence-electron chi connectivity index (χ4n) is 4.52. The molecule has 33 heavy (non-hydrogen) atoms. The average Bonchev–Trinajstić information content (AvgIpc) is 3.15. The number of likely N-dealkylation sites (tertiary alicyclic amines) is 1. The van der Waals surface area contributed by atoms with Gasteiger partial charge in [-0.3, -0.25) is 14.5 Å². The molecule has 0 spiro atoms. The molecule has 1 fully saturated rings. The standard InChI is InChI=1S/C24H29N3O5S/c1-16-4-3-5-18(10-16)21(14-27-9-8-19(28)13-27)26(2)24(30)12-17-6-7-22-20(11-17)25-23(29)15-33(22,31)32/h3-7,10-11,19,21,28H,8-9,12-15H2,1-2H3,(H,25,29)/t19-,21+/m0/s1. The number of fused-ring (bicyclic) bond motifs is 1. The molecular formula is C24H29N3O5S. The van der Waals surface area contributed by atoms with Crippen molar-refractivity contribution >= 4 is 27.3 Å². The Morgan fingerprint density at radius 1 is 1.27 bits per heavy atom. The molecule has 4 rings (SSSR count). The topological polar surface area (TPSA) is 107 Å². The first-order chi connectivity index (χ1) is 15.6. The summed E-state index contributed by atoms with van der Waals surface area (Å²) in [4.78, 5) is 29.0. The van der Waals surface area contributed by atoms with Crippen LogP contribution in [0.3, 0.4) is 0 Å². The predicted octanol–water partition coefficient (Wildman–Crippen LogP) is 1.53. The molecule has 2 aromatic carbocycles.